The quantitative estimate of drug-likeness (QED) is 0.913. The summed E-state index contributed by atoms with van der Waals surface area (Å²) in [5.41, 5.74) is 0.0901. The van der Waals surface area contributed by atoms with E-state index in [4.69, 9.17) is 4.74 Å². The Balaban J connectivity index is 1.79. The number of hydrogen-bond acceptors (Lipinski definition) is 3. The van der Waals surface area contributed by atoms with Crippen molar-refractivity contribution in [2.24, 2.45) is 0 Å². The van der Waals surface area contributed by atoms with E-state index in [0.717, 1.165) is 5.56 Å². The second-order valence-corrected chi connectivity index (χ2v) is 6.39. The molecule has 0 aromatic heterocycles. The van der Waals surface area contributed by atoms with E-state index in [1.807, 2.05) is 30.3 Å². The van der Waals surface area contributed by atoms with Crippen LogP contribution in [0.4, 0.5) is 4.39 Å². The number of amides is 1. The first-order valence-electron chi connectivity index (χ1n) is 8.40. The average molecular weight is 357 g/mol. The lowest BCUT2D eigenvalue weighted by Gasteiger charge is -2.39. The third-order valence-corrected chi connectivity index (χ3v) is 5.04. The van der Waals surface area contributed by atoms with Gasteiger partial charge in [0.25, 0.3) is 5.91 Å². The number of ether oxygens (including phenoxy) is 1. The lowest BCUT2D eigenvalue weighted by atomic mass is 9.73. The Morgan fingerprint density at radius 1 is 1.12 bits per heavy atom. The maximum absolute atomic E-state index is 13.5. The molecule has 0 saturated carbocycles. The van der Waals surface area contributed by atoms with Crippen molar-refractivity contribution in [3.05, 3.63) is 65.5 Å². The summed E-state index contributed by atoms with van der Waals surface area (Å²) in [5, 5.41) is 9.82. The molecule has 1 aliphatic heterocycles. The van der Waals surface area contributed by atoms with Gasteiger partial charge in [0.2, 0.25) is 0 Å². The molecule has 6 heteroatoms. The normalized spacial score (nSPS) is 16.2. The van der Waals surface area contributed by atoms with Gasteiger partial charge in [-0.05, 0) is 36.6 Å². The molecule has 26 heavy (non-hydrogen) atoms. The minimum Gasteiger partial charge on any atom is -0.494 e. The summed E-state index contributed by atoms with van der Waals surface area (Å²) in [4.78, 5) is 26.3. The van der Waals surface area contributed by atoms with Gasteiger partial charge >= 0.3 is 5.97 Å². The van der Waals surface area contributed by atoms with Gasteiger partial charge in [-0.25, -0.2) is 4.39 Å². The topological polar surface area (TPSA) is 66.8 Å². The number of carbonyl (C=O) groups excluding carboxylic acids is 1. The van der Waals surface area contributed by atoms with Crippen LogP contribution in [0.25, 0.3) is 0 Å². The van der Waals surface area contributed by atoms with Crippen LogP contribution in [0, 0.1) is 5.82 Å². The summed E-state index contributed by atoms with van der Waals surface area (Å²) in [6, 6.07) is 13.1. The van der Waals surface area contributed by atoms with Gasteiger partial charge in [-0.3, -0.25) is 9.59 Å². The fourth-order valence-electron chi connectivity index (χ4n) is 3.45. The van der Waals surface area contributed by atoms with Crippen LogP contribution in [-0.4, -0.2) is 42.1 Å². The van der Waals surface area contributed by atoms with Gasteiger partial charge in [0.1, 0.15) is 0 Å². The highest BCUT2D eigenvalue weighted by atomic mass is 19.1. The SMILES string of the molecule is COc1cc(C(=O)N2CCC(C(=O)O)(c3ccccc3)CC2)ccc1F. The fourth-order valence-corrected chi connectivity index (χ4v) is 3.45. The summed E-state index contributed by atoms with van der Waals surface area (Å²) < 4.78 is 18.5. The molecule has 2 aromatic carbocycles. The molecule has 0 radical (unpaired) electrons. The van der Waals surface area contributed by atoms with Crippen molar-refractivity contribution >= 4 is 11.9 Å². The van der Waals surface area contributed by atoms with Crippen LogP contribution in [0.15, 0.2) is 48.5 Å². The second kappa shape index (κ2) is 7.15. The largest absolute Gasteiger partial charge is 0.494 e. The Morgan fingerprint density at radius 3 is 2.35 bits per heavy atom. The van der Waals surface area contributed by atoms with Crippen LogP contribution in [0.5, 0.6) is 5.75 Å². The number of likely N-dealkylation sites (tertiary alicyclic amines) is 1. The van der Waals surface area contributed by atoms with Gasteiger partial charge < -0.3 is 14.7 Å². The van der Waals surface area contributed by atoms with E-state index >= 15 is 0 Å². The lowest BCUT2D eigenvalue weighted by molar-refractivity contribution is -0.145. The third-order valence-electron chi connectivity index (χ3n) is 5.04. The van der Waals surface area contributed by atoms with Gasteiger partial charge in [0.15, 0.2) is 11.6 Å². The molecule has 0 unspecified atom stereocenters. The zero-order valence-electron chi connectivity index (χ0n) is 14.4. The predicted molar refractivity (Wildman–Crippen MR) is 93.8 cm³/mol. The predicted octanol–water partition coefficient (Wildman–Crippen LogP) is 3.09. The zero-order chi connectivity index (χ0) is 18.7. The van der Waals surface area contributed by atoms with Crippen LogP contribution < -0.4 is 4.74 Å². The zero-order valence-corrected chi connectivity index (χ0v) is 14.4. The first kappa shape index (κ1) is 17.9. The summed E-state index contributed by atoms with van der Waals surface area (Å²) in [7, 11) is 1.34. The van der Waals surface area contributed by atoms with Gasteiger partial charge in [-0.2, -0.15) is 0 Å². The van der Waals surface area contributed by atoms with Crippen LogP contribution in [0.2, 0.25) is 0 Å². The Kier molecular flexibility index (Phi) is 4.93. The van der Waals surface area contributed by atoms with Crippen molar-refractivity contribution in [1.82, 2.24) is 4.90 Å². The Bertz CT molecular complexity index is 814. The molecule has 5 nitrogen and oxygen atoms in total. The molecule has 3 rings (SSSR count). The first-order chi connectivity index (χ1) is 12.5. The van der Waals surface area contributed by atoms with E-state index in [2.05, 4.69) is 0 Å². The van der Waals surface area contributed by atoms with Gasteiger partial charge in [-0.1, -0.05) is 30.3 Å². The fraction of sp³-hybridized carbons (Fsp3) is 0.300. The molecule has 1 amide bonds. The number of aliphatic carboxylic acids is 1. The smallest absolute Gasteiger partial charge is 0.314 e. The van der Waals surface area contributed by atoms with Crippen molar-refractivity contribution in [3.8, 4) is 5.75 Å². The van der Waals surface area contributed by atoms with E-state index in [1.165, 1.54) is 25.3 Å². The number of hydrogen-bond donors (Lipinski definition) is 1. The molecule has 0 spiro atoms. The molecule has 0 atom stereocenters. The Morgan fingerprint density at radius 2 is 1.77 bits per heavy atom. The van der Waals surface area contributed by atoms with Crippen LogP contribution in [0.3, 0.4) is 0 Å². The standard InChI is InChI=1S/C20H20FNO4/c1-26-17-13-14(7-8-16(17)21)18(23)22-11-9-20(10-12-22,19(24)25)15-5-3-2-4-6-15/h2-8,13H,9-12H2,1H3,(H,24,25). The number of carbonyl (C=O) groups is 2. The highest BCUT2D eigenvalue weighted by Gasteiger charge is 2.43. The Labute approximate surface area is 151 Å². The molecule has 1 heterocycles. The van der Waals surface area contributed by atoms with Crippen molar-refractivity contribution in [1.29, 1.82) is 0 Å². The number of halogens is 1. The second-order valence-electron chi connectivity index (χ2n) is 6.39. The molecule has 1 saturated heterocycles. The van der Waals surface area contributed by atoms with E-state index in [1.54, 1.807) is 4.90 Å². The minimum atomic E-state index is -0.988. The van der Waals surface area contributed by atoms with Crippen LogP contribution >= 0.6 is 0 Å². The van der Waals surface area contributed by atoms with E-state index in [0.29, 0.717) is 31.5 Å². The highest BCUT2D eigenvalue weighted by Crippen LogP contribution is 2.36. The van der Waals surface area contributed by atoms with E-state index in [9.17, 15) is 19.1 Å². The molecule has 136 valence electrons. The number of carboxylic acid groups (broad SMARTS) is 1. The van der Waals surface area contributed by atoms with E-state index in [-0.39, 0.29) is 11.7 Å². The van der Waals surface area contributed by atoms with E-state index < -0.39 is 17.2 Å². The molecular formula is C20H20FNO4. The lowest BCUT2D eigenvalue weighted by Crippen LogP contribution is -2.49. The van der Waals surface area contributed by atoms with Gasteiger partial charge in [0, 0.05) is 18.7 Å². The number of methoxy groups -OCH3 is 1. The van der Waals surface area contributed by atoms with Crippen molar-refractivity contribution < 1.29 is 23.8 Å². The third kappa shape index (κ3) is 3.14. The van der Waals surface area contributed by atoms with Crippen molar-refractivity contribution in [2.75, 3.05) is 20.2 Å². The summed E-state index contributed by atoms with van der Waals surface area (Å²) in [5.74, 6) is -1.65. The molecule has 0 aliphatic carbocycles. The molecule has 1 fully saturated rings. The number of piperidine rings is 1. The number of nitrogens with zero attached hydrogens (tertiary/aromatic N) is 1. The van der Waals surface area contributed by atoms with Crippen LogP contribution in [-0.2, 0) is 10.2 Å². The minimum absolute atomic E-state index is 0.0111. The summed E-state index contributed by atoms with van der Waals surface area (Å²) in [6.07, 6.45) is 0.660. The first-order valence-corrected chi connectivity index (χ1v) is 8.40. The Hall–Kier alpha value is -2.89. The molecule has 1 aliphatic rings. The van der Waals surface area contributed by atoms with Crippen molar-refractivity contribution in [2.45, 2.75) is 18.3 Å². The maximum Gasteiger partial charge on any atom is 0.314 e. The monoisotopic (exact) mass is 357 g/mol. The molecular weight excluding hydrogens is 337 g/mol. The number of carboxylic acids is 1. The highest BCUT2D eigenvalue weighted by molar-refractivity contribution is 5.95. The summed E-state index contributed by atoms with van der Waals surface area (Å²) >= 11 is 0. The van der Waals surface area contributed by atoms with Crippen molar-refractivity contribution in [3.63, 3.8) is 0 Å². The number of benzene rings is 2. The average Bonchev–Trinajstić information content (AvgIpc) is 2.68. The maximum atomic E-state index is 13.5. The molecule has 1 N–H and O–H groups in total. The number of rotatable bonds is 4. The van der Waals surface area contributed by atoms with Crippen LogP contribution in [0.1, 0.15) is 28.8 Å². The van der Waals surface area contributed by atoms with Gasteiger partial charge in [0.05, 0.1) is 12.5 Å². The molecule has 0 bridgehead atoms. The van der Waals surface area contributed by atoms with Gasteiger partial charge in [-0.15, -0.1) is 0 Å². The summed E-state index contributed by atoms with van der Waals surface area (Å²) in [6.45, 7) is 0.638. The molecule has 2 aromatic rings.